The fourth-order valence-electron chi connectivity index (χ4n) is 4.70. The first-order valence-electron chi connectivity index (χ1n) is 15.3. The zero-order chi connectivity index (χ0) is 36.3. The Morgan fingerprint density at radius 2 is 1.59 bits per heavy atom. The molecule has 0 bridgehead atoms. The third-order valence-electron chi connectivity index (χ3n) is 7.50. The van der Waals surface area contributed by atoms with E-state index in [1.165, 1.54) is 16.8 Å². The van der Waals surface area contributed by atoms with Gasteiger partial charge in [-0.05, 0) is 89.8 Å². The summed E-state index contributed by atoms with van der Waals surface area (Å²) in [4.78, 5) is 43.1. The van der Waals surface area contributed by atoms with E-state index >= 15 is 8.78 Å². The molecule has 0 amide bonds. The first-order valence-corrected chi connectivity index (χ1v) is 16.7. The van der Waals surface area contributed by atoms with E-state index in [1.54, 1.807) is 78.1 Å². The number of rotatable bonds is 12. The topological polar surface area (TPSA) is 131 Å². The molecule has 0 radical (unpaired) electrons. The number of esters is 2. The van der Waals surface area contributed by atoms with Crippen LogP contribution >= 0.6 is 11.6 Å². The number of hydrogen-bond donors (Lipinski definition) is 0. The second kappa shape index (κ2) is 15.2. The van der Waals surface area contributed by atoms with Crippen LogP contribution in [0.15, 0.2) is 54.9 Å². The number of ether oxygens (including phenoxy) is 2. The zero-order valence-electron chi connectivity index (χ0n) is 28.0. The molecule has 2 heterocycles. The van der Waals surface area contributed by atoms with E-state index in [0.717, 1.165) is 15.9 Å². The number of pyridine rings is 1. The Morgan fingerprint density at radius 3 is 2.20 bits per heavy atom. The minimum absolute atomic E-state index is 0.0177. The van der Waals surface area contributed by atoms with Crippen LogP contribution in [0.2, 0.25) is 5.02 Å². The molecule has 49 heavy (non-hydrogen) atoms. The first kappa shape index (κ1) is 37.8. The lowest BCUT2D eigenvalue weighted by atomic mass is 9.97. The van der Waals surface area contributed by atoms with Crippen molar-refractivity contribution in [1.29, 1.82) is 0 Å². The monoisotopic (exact) mass is 716 g/mol. The standard InChI is InChI=1S/C35H38ClF2N3O7S/c1-34(2,3)32(43)47-19-40-18-26(25-16-23(17-39-31(25)40)21-9-12-24(36)13-10-21)30(42)28-27(37)14-11-22(29(28)38)8-7-15-41(49(45)46)20-48-33(44)35(4,5)6/h9-14,16-18H,7-8,15,19-20H2,1-6H3,(H,45,46)/p-1. The summed E-state index contributed by atoms with van der Waals surface area (Å²) in [6.07, 6.45) is 2.92. The van der Waals surface area contributed by atoms with Gasteiger partial charge in [-0.2, -0.15) is 0 Å². The van der Waals surface area contributed by atoms with Crippen molar-refractivity contribution in [2.24, 2.45) is 10.8 Å². The number of hydrogen-bond acceptors (Lipinski definition) is 8. The summed E-state index contributed by atoms with van der Waals surface area (Å²) >= 11 is 3.31. The molecule has 0 saturated heterocycles. The highest BCUT2D eigenvalue weighted by Crippen LogP contribution is 2.31. The lowest BCUT2D eigenvalue weighted by Crippen LogP contribution is -2.34. The van der Waals surface area contributed by atoms with Crippen LogP contribution in [-0.4, -0.2) is 53.6 Å². The summed E-state index contributed by atoms with van der Waals surface area (Å²) in [7, 11) is 0. The second-order valence-electron chi connectivity index (χ2n) is 13.5. The number of fused-ring (bicyclic) bond motifs is 1. The predicted molar refractivity (Wildman–Crippen MR) is 180 cm³/mol. The highest BCUT2D eigenvalue weighted by Gasteiger charge is 2.28. The van der Waals surface area contributed by atoms with Gasteiger partial charge in [0.15, 0.2) is 13.5 Å². The first-order chi connectivity index (χ1) is 22.9. The molecular weight excluding hydrogens is 680 g/mol. The SMILES string of the molecule is CC(C)(C)C(=O)OCN(CCCc1ccc(F)c(C(=O)c2cn(COC(=O)C(C)(C)C)c3ncc(-c4ccc(Cl)cc4)cc23)c1F)S(=O)[O-]. The third-order valence-corrected chi connectivity index (χ3v) is 8.46. The van der Waals surface area contributed by atoms with E-state index in [1.807, 2.05) is 0 Å². The van der Waals surface area contributed by atoms with Crippen molar-refractivity contribution in [3.63, 3.8) is 0 Å². The summed E-state index contributed by atoms with van der Waals surface area (Å²) in [6, 6.07) is 10.7. The normalized spacial score (nSPS) is 12.7. The van der Waals surface area contributed by atoms with Crippen molar-refractivity contribution in [3.8, 4) is 11.1 Å². The Morgan fingerprint density at radius 1 is 0.959 bits per heavy atom. The van der Waals surface area contributed by atoms with Gasteiger partial charge >= 0.3 is 11.9 Å². The quantitative estimate of drug-likeness (QED) is 0.0664. The number of ketones is 1. The highest BCUT2D eigenvalue weighted by atomic mass is 35.5. The fourth-order valence-corrected chi connectivity index (χ4v) is 5.24. The van der Waals surface area contributed by atoms with Crippen LogP contribution in [0.4, 0.5) is 8.78 Å². The highest BCUT2D eigenvalue weighted by molar-refractivity contribution is 7.76. The molecule has 0 N–H and O–H groups in total. The number of aryl methyl sites for hydroxylation is 1. The second-order valence-corrected chi connectivity index (χ2v) is 14.9. The van der Waals surface area contributed by atoms with Crippen LogP contribution in [-0.2, 0) is 43.5 Å². The van der Waals surface area contributed by atoms with Crippen LogP contribution < -0.4 is 0 Å². The van der Waals surface area contributed by atoms with Crippen LogP contribution in [0.3, 0.4) is 0 Å². The lowest BCUT2D eigenvalue weighted by Gasteiger charge is -2.25. The third kappa shape index (κ3) is 9.15. The minimum atomic E-state index is -2.74. The van der Waals surface area contributed by atoms with E-state index < -0.39 is 63.7 Å². The number of halogens is 3. The van der Waals surface area contributed by atoms with Crippen molar-refractivity contribution in [2.45, 2.75) is 61.1 Å². The molecule has 4 aromatic rings. The molecule has 0 aliphatic carbocycles. The fraction of sp³-hybridized carbons (Fsp3) is 0.371. The molecule has 10 nitrogen and oxygen atoms in total. The molecule has 14 heteroatoms. The average Bonchev–Trinajstić information content (AvgIpc) is 3.39. The summed E-state index contributed by atoms with van der Waals surface area (Å²) in [6.45, 7) is 8.97. The Hall–Kier alpha value is -4.04. The lowest BCUT2D eigenvalue weighted by molar-refractivity contribution is -0.157. The average molecular weight is 717 g/mol. The van der Waals surface area contributed by atoms with Crippen LogP contribution in [0.1, 0.15) is 69.4 Å². The van der Waals surface area contributed by atoms with E-state index in [2.05, 4.69) is 4.98 Å². The van der Waals surface area contributed by atoms with Gasteiger partial charge in [0.25, 0.3) is 0 Å². The van der Waals surface area contributed by atoms with Crippen LogP contribution in [0.5, 0.6) is 0 Å². The molecule has 262 valence electrons. The Balaban J connectivity index is 1.65. The van der Waals surface area contributed by atoms with Crippen LogP contribution in [0.25, 0.3) is 22.2 Å². The van der Waals surface area contributed by atoms with Gasteiger partial charge in [0.2, 0.25) is 5.78 Å². The number of aromatic nitrogens is 2. The molecule has 0 aliphatic rings. The predicted octanol–water partition coefficient (Wildman–Crippen LogP) is 6.99. The smallest absolute Gasteiger partial charge is 0.312 e. The van der Waals surface area contributed by atoms with E-state index in [9.17, 15) is 23.1 Å². The Bertz CT molecular complexity index is 1900. The van der Waals surface area contributed by atoms with Crippen molar-refractivity contribution in [2.75, 3.05) is 13.3 Å². The summed E-state index contributed by atoms with van der Waals surface area (Å²) in [5.74, 6) is -4.25. The van der Waals surface area contributed by atoms with Gasteiger partial charge in [0, 0.05) is 46.2 Å². The maximum atomic E-state index is 15.9. The summed E-state index contributed by atoms with van der Waals surface area (Å²) < 4.78 is 67.5. The van der Waals surface area contributed by atoms with Gasteiger partial charge < -0.3 is 14.0 Å². The molecule has 2 aromatic carbocycles. The van der Waals surface area contributed by atoms with Crippen molar-refractivity contribution < 1.29 is 41.4 Å². The number of nitrogens with zero attached hydrogens (tertiary/aromatic N) is 3. The van der Waals surface area contributed by atoms with Crippen molar-refractivity contribution >= 4 is 51.6 Å². The molecule has 1 atom stereocenters. The molecule has 0 aliphatic heterocycles. The largest absolute Gasteiger partial charge is 0.759 e. The molecule has 4 rings (SSSR count). The number of carbonyl (C=O) groups is 3. The van der Waals surface area contributed by atoms with E-state index in [0.29, 0.717) is 10.6 Å². The van der Waals surface area contributed by atoms with E-state index in [4.69, 9.17) is 21.1 Å². The van der Waals surface area contributed by atoms with Crippen molar-refractivity contribution in [3.05, 3.63) is 88.2 Å². The van der Waals surface area contributed by atoms with Gasteiger partial charge in [-0.15, -0.1) is 0 Å². The number of carbonyl (C=O) groups excluding carboxylic acids is 3. The maximum absolute atomic E-state index is 15.9. The van der Waals surface area contributed by atoms with Gasteiger partial charge in [-0.3, -0.25) is 23.2 Å². The van der Waals surface area contributed by atoms with Gasteiger partial charge in [0.1, 0.15) is 17.3 Å². The molecule has 0 fully saturated rings. The summed E-state index contributed by atoms with van der Waals surface area (Å²) in [5.41, 5.74) is -0.964. The van der Waals surface area contributed by atoms with Crippen LogP contribution in [0, 0.1) is 22.5 Å². The summed E-state index contributed by atoms with van der Waals surface area (Å²) in [5, 5.41) is 0.788. The molecular formula is C35H37ClF2N3O7S-. The van der Waals surface area contributed by atoms with E-state index in [-0.39, 0.29) is 48.3 Å². The van der Waals surface area contributed by atoms with Crippen molar-refractivity contribution in [1.82, 2.24) is 13.9 Å². The van der Waals surface area contributed by atoms with Gasteiger partial charge in [-0.1, -0.05) is 29.8 Å². The maximum Gasteiger partial charge on any atom is 0.312 e. The van der Waals surface area contributed by atoms with Gasteiger partial charge in [0.05, 0.1) is 22.0 Å². The molecule has 0 spiro atoms. The molecule has 0 saturated carbocycles. The zero-order valence-corrected chi connectivity index (χ0v) is 29.5. The minimum Gasteiger partial charge on any atom is -0.759 e. The molecule has 2 aromatic heterocycles. The number of benzene rings is 2. The Labute approximate surface area is 290 Å². The molecule has 1 unspecified atom stereocenters. The van der Waals surface area contributed by atoms with Gasteiger partial charge in [-0.25, -0.2) is 18.1 Å². The Kier molecular flexibility index (Phi) is 11.7.